The van der Waals surface area contributed by atoms with Gasteiger partial charge in [0.25, 0.3) is 0 Å². The van der Waals surface area contributed by atoms with Crippen molar-refractivity contribution in [3.8, 4) is 5.75 Å². The third kappa shape index (κ3) is 4.87. The standard InChI is InChI=1S/C12H14ClNO3/c1-12(2,3)14-11(16)17-10-5-8(7-15)4-9(13)6-10/h4-7H,1-3H3,(H,14,16). The predicted molar refractivity (Wildman–Crippen MR) is 65.8 cm³/mol. The van der Waals surface area contributed by atoms with Crippen molar-refractivity contribution in [2.45, 2.75) is 26.3 Å². The molecule has 1 aromatic carbocycles. The van der Waals surface area contributed by atoms with E-state index >= 15 is 0 Å². The smallest absolute Gasteiger partial charge is 0.410 e. The minimum atomic E-state index is -0.586. The van der Waals surface area contributed by atoms with E-state index in [0.29, 0.717) is 16.9 Å². The van der Waals surface area contributed by atoms with E-state index in [1.165, 1.54) is 18.2 Å². The van der Waals surface area contributed by atoms with Gasteiger partial charge < -0.3 is 10.1 Å². The van der Waals surface area contributed by atoms with E-state index in [-0.39, 0.29) is 11.3 Å². The molecule has 1 N–H and O–H groups in total. The molecule has 0 bridgehead atoms. The van der Waals surface area contributed by atoms with Gasteiger partial charge in [0.1, 0.15) is 12.0 Å². The number of benzene rings is 1. The Morgan fingerprint density at radius 3 is 2.53 bits per heavy atom. The minimum Gasteiger partial charge on any atom is -0.410 e. The number of carbonyl (C=O) groups excluding carboxylic acids is 2. The molecular weight excluding hydrogens is 242 g/mol. The number of hydrogen-bond donors (Lipinski definition) is 1. The topological polar surface area (TPSA) is 55.4 Å². The third-order valence-electron chi connectivity index (χ3n) is 1.72. The van der Waals surface area contributed by atoms with Crippen molar-refractivity contribution in [2.75, 3.05) is 0 Å². The highest BCUT2D eigenvalue weighted by Crippen LogP contribution is 2.20. The summed E-state index contributed by atoms with van der Waals surface area (Å²) in [6.45, 7) is 5.51. The van der Waals surface area contributed by atoms with Crippen molar-refractivity contribution in [1.82, 2.24) is 5.32 Å². The lowest BCUT2D eigenvalue weighted by Crippen LogP contribution is -2.42. The lowest BCUT2D eigenvalue weighted by Gasteiger charge is -2.19. The molecule has 0 saturated carbocycles. The lowest BCUT2D eigenvalue weighted by molar-refractivity contribution is 0.112. The summed E-state index contributed by atoms with van der Waals surface area (Å²) < 4.78 is 5.02. The quantitative estimate of drug-likeness (QED) is 0.827. The third-order valence-corrected chi connectivity index (χ3v) is 1.94. The average Bonchev–Trinajstić information content (AvgIpc) is 2.13. The molecular formula is C12H14ClNO3. The van der Waals surface area contributed by atoms with Crippen LogP contribution in [0.1, 0.15) is 31.1 Å². The maximum Gasteiger partial charge on any atom is 0.413 e. The molecule has 0 radical (unpaired) electrons. The molecule has 1 amide bonds. The molecule has 0 aliphatic heterocycles. The summed E-state index contributed by atoms with van der Waals surface area (Å²) >= 11 is 5.77. The van der Waals surface area contributed by atoms with Gasteiger partial charge >= 0.3 is 6.09 Å². The van der Waals surface area contributed by atoms with Crippen LogP contribution in [0.25, 0.3) is 0 Å². The highest BCUT2D eigenvalue weighted by atomic mass is 35.5. The maximum atomic E-state index is 11.5. The van der Waals surface area contributed by atoms with Crippen molar-refractivity contribution in [2.24, 2.45) is 0 Å². The fraction of sp³-hybridized carbons (Fsp3) is 0.333. The number of nitrogens with one attached hydrogen (secondary N) is 1. The van der Waals surface area contributed by atoms with Crippen LogP contribution in [0.5, 0.6) is 5.75 Å². The molecule has 0 aliphatic carbocycles. The van der Waals surface area contributed by atoms with Gasteiger partial charge in [0.05, 0.1) is 0 Å². The van der Waals surface area contributed by atoms with Gasteiger partial charge in [-0.15, -0.1) is 0 Å². The molecule has 1 rings (SSSR count). The zero-order chi connectivity index (χ0) is 13.1. The van der Waals surface area contributed by atoms with Gasteiger partial charge in [-0.05, 0) is 39.0 Å². The van der Waals surface area contributed by atoms with Crippen LogP contribution in [0.3, 0.4) is 0 Å². The summed E-state index contributed by atoms with van der Waals surface area (Å²) in [5.41, 5.74) is -0.0283. The molecule has 0 heterocycles. The zero-order valence-corrected chi connectivity index (χ0v) is 10.7. The van der Waals surface area contributed by atoms with Crippen molar-refractivity contribution >= 4 is 24.0 Å². The molecule has 0 fully saturated rings. The fourth-order valence-electron chi connectivity index (χ4n) is 1.15. The summed E-state index contributed by atoms with van der Waals surface area (Å²) in [5.74, 6) is 0.237. The lowest BCUT2D eigenvalue weighted by atomic mass is 10.1. The van der Waals surface area contributed by atoms with E-state index in [9.17, 15) is 9.59 Å². The molecule has 17 heavy (non-hydrogen) atoms. The van der Waals surface area contributed by atoms with Crippen LogP contribution in [0, 0.1) is 0 Å². The number of rotatable bonds is 2. The first-order valence-electron chi connectivity index (χ1n) is 5.06. The molecule has 5 heteroatoms. The Kier molecular flexibility index (Phi) is 4.12. The number of hydrogen-bond acceptors (Lipinski definition) is 3. The molecule has 92 valence electrons. The largest absolute Gasteiger partial charge is 0.413 e. The second-order valence-corrected chi connectivity index (χ2v) is 5.04. The molecule has 0 unspecified atom stereocenters. The van der Waals surface area contributed by atoms with Gasteiger partial charge in [-0.25, -0.2) is 4.79 Å². The summed E-state index contributed by atoms with van der Waals surface area (Å²) in [6.07, 6.45) is 0.0528. The Morgan fingerprint density at radius 1 is 1.35 bits per heavy atom. The molecule has 0 atom stereocenters. The van der Waals surface area contributed by atoms with Gasteiger partial charge in [-0.1, -0.05) is 11.6 Å². The van der Waals surface area contributed by atoms with Crippen molar-refractivity contribution in [3.63, 3.8) is 0 Å². The number of carbonyl (C=O) groups is 2. The van der Waals surface area contributed by atoms with Crippen LogP contribution in [0.2, 0.25) is 5.02 Å². The molecule has 0 spiro atoms. The van der Waals surface area contributed by atoms with Gasteiger partial charge in [-0.3, -0.25) is 4.79 Å². The second kappa shape index (κ2) is 5.19. The second-order valence-electron chi connectivity index (χ2n) is 4.60. The summed E-state index contributed by atoms with van der Waals surface area (Å²) in [7, 11) is 0. The first-order valence-corrected chi connectivity index (χ1v) is 5.44. The van der Waals surface area contributed by atoms with E-state index in [1.807, 2.05) is 20.8 Å². The van der Waals surface area contributed by atoms with Gasteiger partial charge in [0, 0.05) is 16.1 Å². The summed E-state index contributed by atoms with van der Waals surface area (Å²) in [6, 6.07) is 4.40. The Labute approximate surface area is 105 Å². The Balaban J connectivity index is 2.78. The minimum absolute atomic E-state index is 0.237. The molecule has 1 aromatic rings. The first-order chi connectivity index (χ1) is 7.80. The molecule has 4 nitrogen and oxygen atoms in total. The van der Waals surface area contributed by atoms with Gasteiger partial charge in [0.2, 0.25) is 0 Å². The van der Waals surface area contributed by atoms with Crippen molar-refractivity contribution in [3.05, 3.63) is 28.8 Å². The Bertz CT molecular complexity index is 438. The average molecular weight is 256 g/mol. The van der Waals surface area contributed by atoms with Crippen molar-refractivity contribution < 1.29 is 14.3 Å². The van der Waals surface area contributed by atoms with Gasteiger partial charge in [-0.2, -0.15) is 0 Å². The number of amides is 1. The molecule has 0 saturated heterocycles. The van der Waals surface area contributed by atoms with Crippen LogP contribution in [0.4, 0.5) is 4.79 Å². The monoisotopic (exact) mass is 255 g/mol. The van der Waals surface area contributed by atoms with E-state index in [1.54, 1.807) is 0 Å². The van der Waals surface area contributed by atoms with Crippen LogP contribution in [-0.4, -0.2) is 17.9 Å². The number of ether oxygens (including phenoxy) is 1. The van der Waals surface area contributed by atoms with E-state index < -0.39 is 6.09 Å². The fourth-order valence-corrected chi connectivity index (χ4v) is 1.38. The van der Waals surface area contributed by atoms with E-state index in [2.05, 4.69) is 5.32 Å². The molecule has 0 aliphatic rings. The van der Waals surface area contributed by atoms with Crippen LogP contribution in [0.15, 0.2) is 18.2 Å². The normalized spacial score (nSPS) is 10.8. The Morgan fingerprint density at radius 2 is 2.00 bits per heavy atom. The first kappa shape index (κ1) is 13.5. The van der Waals surface area contributed by atoms with Crippen LogP contribution < -0.4 is 10.1 Å². The van der Waals surface area contributed by atoms with Crippen LogP contribution in [-0.2, 0) is 0 Å². The summed E-state index contributed by atoms with van der Waals surface area (Å²) in [5, 5.41) is 2.97. The SMILES string of the molecule is CC(C)(C)NC(=O)Oc1cc(Cl)cc(C=O)c1. The van der Waals surface area contributed by atoms with Crippen LogP contribution >= 0.6 is 11.6 Å². The van der Waals surface area contributed by atoms with Crippen molar-refractivity contribution in [1.29, 1.82) is 0 Å². The van der Waals surface area contributed by atoms with Gasteiger partial charge in [0.15, 0.2) is 0 Å². The number of aldehydes is 1. The summed E-state index contributed by atoms with van der Waals surface area (Å²) in [4.78, 5) is 22.1. The Hall–Kier alpha value is -1.55. The van der Waals surface area contributed by atoms with E-state index in [0.717, 1.165) is 0 Å². The zero-order valence-electron chi connectivity index (χ0n) is 9.91. The predicted octanol–water partition coefficient (Wildman–Crippen LogP) is 3.04. The highest BCUT2D eigenvalue weighted by Gasteiger charge is 2.15. The number of halogens is 1. The maximum absolute atomic E-state index is 11.5. The highest BCUT2D eigenvalue weighted by molar-refractivity contribution is 6.31. The van der Waals surface area contributed by atoms with E-state index in [4.69, 9.17) is 16.3 Å². The molecule has 0 aromatic heterocycles.